The Kier molecular flexibility index (Phi) is 3.26. The van der Waals surface area contributed by atoms with Crippen molar-refractivity contribution in [3.63, 3.8) is 0 Å². The maximum atomic E-state index is 10.4. The Labute approximate surface area is 116 Å². The normalized spacial score (nSPS) is 12.3. The zero-order chi connectivity index (χ0) is 13.9. The maximum Gasteiger partial charge on any atom is 0.207 e. The standard InChI is InChI=1S/C15H14N4O/c1-10-6-8-11(9-7-10)12-4-2-3-5-13(12)14(20)15-16-18-19-17-15/h2-9,14,20H,1H3,(H,16,17,18,19). The molecule has 1 unspecified atom stereocenters. The molecular weight excluding hydrogens is 252 g/mol. The first kappa shape index (κ1) is 12.5. The van der Waals surface area contributed by atoms with Crippen LogP contribution in [-0.4, -0.2) is 25.7 Å². The van der Waals surface area contributed by atoms with E-state index in [2.05, 4.69) is 20.6 Å². The van der Waals surface area contributed by atoms with E-state index in [4.69, 9.17) is 0 Å². The fraction of sp³-hybridized carbons (Fsp3) is 0.133. The fourth-order valence-electron chi connectivity index (χ4n) is 2.16. The second-order valence-electron chi connectivity index (χ2n) is 4.63. The SMILES string of the molecule is Cc1ccc(-c2ccccc2C(O)c2nn[nH]n2)cc1. The Hall–Kier alpha value is -2.53. The Bertz CT molecular complexity index is 692. The zero-order valence-electron chi connectivity index (χ0n) is 11.0. The van der Waals surface area contributed by atoms with Gasteiger partial charge in [0, 0.05) is 0 Å². The Balaban J connectivity index is 2.06. The molecule has 0 aliphatic rings. The van der Waals surface area contributed by atoms with E-state index in [0.29, 0.717) is 0 Å². The molecule has 0 saturated carbocycles. The van der Waals surface area contributed by atoms with Crippen LogP contribution in [0.1, 0.15) is 23.1 Å². The molecule has 100 valence electrons. The van der Waals surface area contributed by atoms with Crippen molar-refractivity contribution in [2.75, 3.05) is 0 Å². The number of nitrogens with zero attached hydrogens (tertiary/aromatic N) is 3. The molecule has 0 radical (unpaired) electrons. The third kappa shape index (κ3) is 2.31. The van der Waals surface area contributed by atoms with E-state index in [1.165, 1.54) is 5.56 Å². The number of aliphatic hydroxyl groups excluding tert-OH is 1. The van der Waals surface area contributed by atoms with Gasteiger partial charge in [-0.25, -0.2) is 0 Å². The van der Waals surface area contributed by atoms with Gasteiger partial charge in [-0.2, -0.15) is 5.21 Å². The van der Waals surface area contributed by atoms with Gasteiger partial charge in [0.1, 0.15) is 6.10 Å². The topological polar surface area (TPSA) is 74.7 Å². The van der Waals surface area contributed by atoms with Crippen LogP contribution in [0.3, 0.4) is 0 Å². The predicted octanol–water partition coefficient (Wildman–Crippen LogP) is 2.26. The zero-order valence-corrected chi connectivity index (χ0v) is 11.0. The summed E-state index contributed by atoms with van der Waals surface area (Å²) in [5.74, 6) is 0.268. The smallest absolute Gasteiger partial charge is 0.207 e. The molecule has 0 amide bonds. The lowest BCUT2D eigenvalue weighted by atomic mass is 9.95. The van der Waals surface area contributed by atoms with Crippen molar-refractivity contribution in [1.29, 1.82) is 0 Å². The molecule has 3 rings (SSSR count). The summed E-state index contributed by atoms with van der Waals surface area (Å²) in [6, 6.07) is 15.9. The number of rotatable bonds is 3. The summed E-state index contributed by atoms with van der Waals surface area (Å²) in [6.45, 7) is 2.05. The van der Waals surface area contributed by atoms with Gasteiger partial charge in [-0.1, -0.05) is 59.3 Å². The quantitative estimate of drug-likeness (QED) is 0.762. The second kappa shape index (κ2) is 5.22. The van der Waals surface area contributed by atoms with Gasteiger partial charge >= 0.3 is 0 Å². The van der Waals surface area contributed by atoms with Crippen LogP contribution >= 0.6 is 0 Å². The molecule has 0 fully saturated rings. The molecule has 1 aromatic heterocycles. The lowest BCUT2D eigenvalue weighted by Crippen LogP contribution is -2.04. The van der Waals surface area contributed by atoms with E-state index >= 15 is 0 Å². The van der Waals surface area contributed by atoms with Gasteiger partial charge in [0.15, 0.2) is 0 Å². The molecule has 0 saturated heterocycles. The van der Waals surface area contributed by atoms with Crippen LogP contribution in [0.25, 0.3) is 11.1 Å². The molecule has 20 heavy (non-hydrogen) atoms. The Morgan fingerprint density at radius 1 is 1.05 bits per heavy atom. The predicted molar refractivity (Wildman–Crippen MR) is 74.9 cm³/mol. The minimum absolute atomic E-state index is 0.268. The first-order valence-electron chi connectivity index (χ1n) is 6.33. The molecule has 5 nitrogen and oxygen atoms in total. The first-order chi connectivity index (χ1) is 9.75. The van der Waals surface area contributed by atoms with Crippen molar-refractivity contribution in [2.24, 2.45) is 0 Å². The summed E-state index contributed by atoms with van der Waals surface area (Å²) in [6.07, 6.45) is -0.897. The van der Waals surface area contributed by atoms with Crippen LogP contribution in [0, 0.1) is 6.92 Å². The highest BCUT2D eigenvalue weighted by Gasteiger charge is 2.18. The Morgan fingerprint density at radius 2 is 1.80 bits per heavy atom. The van der Waals surface area contributed by atoms with E-state index in [9.17, 15) is 5.11 Å². The van der Waals surface area contributed by atoms with Crippen LogP contribution in [-0.2, 0) is 0 Å². The summed E-state index contributed by atoms with van der Waals surface area (Å²) in [4.78, 5) is 0. The molecular formula is C15H14N4O. The molecule has 0 aliphatic heterocycles. The molecule has 0 aliphatic carbocycles. The maximum absolute atomic E-state index is 10.4. The lowest BCUT2D eigenvalue weighted by Gasteiger charge is -2.13. The number of H-pyrrole nitrogens is 1. The molecule has 5 heteroatoms. The number of aromatic amines is 1. The summed E-state index contributed by atoms with van der Waals surface area (Å²) < 4.78 is 0. The number of nitrogens with one attached hydrogen (secondary N) is 1. The molecule has 3 aromatic rings. The van der Waals surface area contributed by atoms with Crippen molar-refractivity contribution >= 4 is 0 Å². The van der Waals surface area contributed by atoms with Crippen molar-refractivity contribution in [2.45, 2.75) is 13.0 Å². The van der Waals surface area contributed by atoms with E-state index in [0.717, 1.165) is 16.7 Å². The van der Waals surface area contributed by atoms with Gasteiger partial charge in [0.2, 0.25) is 5.82 Å². The molecule has 1 heterocycles. The largest absolute Gasteiger partial charge is 0.380 e. The van der Waals surface area contributed by atoms with E-state index in [1.54, 1.807) is 0 Å². The van der Waals surface area contributed by atoms with Crippen LogP contribution < -0.4 is 0 Å². The number of tetrazole rings is 1. The number of benzene rings is 2. The summed E-state index contributed by atoms with van der Waals surface area (Å²) >= 11 is 0. The van der Waals surface area contributed by atoms with Gasteiger partial charge in [0.25, 0.3) is 0 Å². The van der Waals surface area contributed by atoms with Gasteiger partial charge in [-0.3, -0.25) is 0 Å². The lowest BCUT2D eigenvalue weighted by molar-refractivity contribution is 0.210. The van der Waals surface area contributed by atoms with Crippen molar-refractivity contribution in [1.82, 2.24) is 20.6 Å². The number of aromatic nitrogens is 4. The van der Waals surface area contributed by atoms with Crippen LogP contribution in [0.4, 0.5) is 0 Å². The molecule has 1 atom stereocenters. The fourth-order valence-corrected chi connectivity index (χ4v) is 2.16. The average Bonchev–Trinajstić information content (AvgIpc) is 3.02. The van der Waals surface area contributed by atoms with Crippen molar-refractivity contribution < 1.29 is 5.11 Å². The minimum Gasteiger partial charge on any atom is -0.380 e. The highest BCUT2D eigenvalue weighted by molar-refractivity contribution is 5.68. The van der Waals surface area contributed by atoms with Gasteiger partial charge < -0.3 is 5.11 Å². The molecule has 2 N–H and O–H groups in total. The van der Waals surface area contributed by atoms with Crippen LogP contribution in [0.15, 0.2) is 48.5 Å². The van der Waals surface area contributed by atoms with Crippen LogP contribution in [0.2, 0.25) is 0 Å². The van der Waals surface area contributed by atoms with E-state index in [1.807, 2.05) is 55.5 Å². The van der Waals surface area contributed by atoms with Gasteiger partial charge in [-0.05, 0) is 23.6 Å². The van der Waals surface area contributed by atoms with Crippen LogP contribution in [0.5, 0.6) is 0 Å². The molecule has 0 bridgehead atoms. The molecule has 2 aromatic carbocycles. The monoisotopic (exact) mass is 266 g/mol. The molecule has 0 spiro atoms. The third-order valence-corrected chi connectivity index (χ3v) is 3.22. The number of hydrogen-bond donors (Lipinski definition) is 2. The highest BCUT2D eigenvalue weighted by atomic mass is 16.3. The summed E-state index contributed by atoms with van der Waals surface area (Å²) in [5.41, 5.74) is 3.97. The number of aryl methyl sites for hydroxylation is 1. The Morgan fingerprint density at radius 3 is 2.50 bits per heavy atom. The van der Waals surface area contributed by atoms with Crippen molar-refractivity contribution in [3.8, 4) is 11.1 Å². The van der Waals surface area contributed by atoms with Crippen molar-refractivity contribution in [3.05, 3.63) is 65.5 Å². The van der Waals surface area contributed by atoms with Gasteiger partial charge in [0.05, 0.1) is 0 Å². The van der Waals surface area contributed by atoms with Gasteiger partial charge in [-0.15, -0.1) is 10.2 Å². The first-order valence-corrected chi connectivity index (χ1v) is 6.33. The number of hydrogen-bond acceptors (Lipinski definition) is 4. The number of aliphatic hydroxyl groups is 1. The van der Waals surface area contributed by atoms with E-state index < -0.39 is 6.10 Å². The third-order valence-electron chi connectivity index (χ3n) is 3.22. The second-order valence-corrected chi connectivity index (χ2v) is 4.63. The summed E-state index contributed by atoms with van der Waals surface area (Å²) in [7, 11) is 0. The highest BCUT2D eigenvalue weighted by Crippen LogP contribution is 2.30. The summed E-state index contributed by atoms with van der Waals surface area (Å²) in [5, 5.41) is 23.9. The minimum atomic E-state index is -0.897. The average molecular weight is 266 g/mol. The van der Waals surface area contributed by atoms with E-state index in [-0.39, 0.29) is 5.82 Å².